The van der Waals surface area contributed by atoms with Crippen molar-refractivity contribution in [3.05, 3.63) is 0 Å². The van der Waals surface area contributed by atoms with Gasteiger partial charge >= 0.3 is 0 Å². The maximum absolute atomic E-state index is 11.8. The number of nitrogens with two attached hydrogens (primary N) is 1. The molecular weight excluding hydrogens is 254 g/mol. The molecule has 0 aromatic carbocycles. The summed E-state index contributed by atoms with van der Waals surface area (Å²) in [6.07, 6.45) is 4.14. The normalized spacial score (nSPS) is 19.9. The Balaban J connectivity index is 2.54. The second kappa shape index (κ2) is 7.96. The molecule has 0 heterocycles. The van der Waals surface area contributed by atoms with Crippen LogP contribution >= 0.6 is 0 Å². The van der Waals surface area contributed by atoms with E-state index in [4.69, 9.17) is 10.5 Å². The molecule has 5 heteroatoms. The smallest absolute Gasteiger partial charge is 0.237 e. The van der Waals surface area contributed by atoms with Crippen LogP contribution in [0.2, 0.25) is 0 Å². The van der Waals surface area contributed by atoms with Crippen LogP contribution in [0.1, 0.15) is 46.5 Å². The van der Waals surface area contributed by atoms with Crippen LogP contribution in [0, 0.1) is 0 Å². The molecular formula is C15H31N3O2. The lowest BCUT2D eigenvalue weighted by molar-refractivity contribution is -0.124. The van der Waals surface area contributed by atoms with Crippen molar-refractivity contribution in [2.24, 2.45) is 5.73 Å². The Kier molecular flexibility index (Phi) is 6.92. The molecule has 2 unspecified atom stereocenters. The molecule has 2 atom stereocenters. The summed E-state index contributed by atoms with van der Waals surface area (Å²) < 4.78 is 5.17. The van der Waals surface area contributed by atoms with Crippen LogP contribution < -0.4 is 11.1 Å². The van der Waals surface area contributed by atoms with Crippen molar-refractivity contribution in [2.45, 2.75) is 64.1 Å². The zero-order chi connectivity index (χ0) is 15.2. The van der Waals surface area contributed by atoms with Gasteiger partial charge in [0.1, 0.15) is 0 Å². The van der Waals surface area contributed by atoms with Crippen molar-refractivity contribution >= 4 is 5.91 Å². The fraction of sp³-hybridized carbons (Fsp3) is 0.933. The largest absolute Gasteiger partial charge is 0.383 e. The molecule has 0 bridgehead atoms. The van der Waals surface area contributed by atoms with Gasteiger partial charge in [-0.1, -0.05) is 6.92 Å². The lowest BCUT2D eigenvalue weighted by Crippen LogP contribution is -2.56. The summed E-state index contributed by atoms with van der Waals surface area (Å²) in [7, 11) is 1.72. The number of nitrogens with zero attached hydrogens (tertiary/aromatic N) is 1. The van der Waals surface area contributed by atoms with Gasteiger partial charge in [-0.25, -0.2) is 0 Å². The average molecular weight is 285 g/mol. The first-order valence-electron chi connectivity index (χ1n) is 7.73. The van der Waals surface area contributed by atoms with Crippen molar-refractivity contribution in [1.29, 1.82) is 0 Å². The number of hydrogen-bond acceptors (Lipinski definition) is 4. The lowest BCUT2D eigenvalue weighted by Gasteiger charge is -2.33. The molecule has 118 valence electrons. The minimum atomic E-state index is -0.597. The van der Waals surface area contributed by atoms with E-state index in [1.54, 1.807) is 7.11 Å². The monoisotopic (exact) mass is 285 g/mol. The van der Waals surface area contributed by atoms with Gasteiger partial charge in [0.25, 0.3) is 0 Å². The molecule has 1 fully saturated rings. The van der Waals surface area contributed by atoms with Gasteiger partial charge in [-0.3, -0.25) is 9.69 Å². The zero-order valence-electron chi connectivity index (χ0n) is 13.4. The summed E-state index contributed by atoms with van der Waals surface area (Å²) >= 11 is 0. The Hall–Kier alpha value is -0.650. The predicted octanol–water partition coefficient (Wildman–Crippen LogP) is 1.12. The van der Waals surface area contributed by atoms with E-state index in [0.717, 1.165) is 38.8 Å². The Labute approximate surface area is 123 Å². The quantitative estimate of drug-likeness (QED) is 0.597. The van der Waals surface area contributed by atoms with Crippen molar-refractivity contribution in [2.75, 3.05) is 26.8 Å². The van der Waals surface area contributed by atoms with Gasteiger partial charge in [-0.2, -0.15) is 0 Å². The molecule has 0 radical (unpaired) electrons. The molecule has 1 rings (SSSR count). The summed E-state index contributed by atoms with van der Waals surface area (Å²) in [5.41, 5.74) is 5.00. The van der Waals surface area contributed by atoms with E-state index >= 15 is 0 Å². The maximum Gasteiger partial charge on any atom is 0.237 e. The highest BCUT2D eigenvalue weighted by atomic mass is 16.5. The van der Waals surface area contributed by atoms with Crippen LogP contribution in [0.25, 0.3) is 0 Å². The number of ether oxygens (including phenoxy) is 1. The molecule has 1 saturated carbocycles. The second-order valence-electron chi connectivity index (χ2n) is 6.15. The molecule has 1 amide bonds. The molecule has 1 aliphatic carbocycles. The Morgan fingerprint density at radius 1 is 1.50 bits per heavy atom. The molecule has 0 aliphatic heterocycles. The molecule has 0 spiro atoms. The molecule has 1 aliphatic rings. The SMILES string of the molecule is CCC(C)N(CCOC)CCC(C)(NC1CC1)C(N)=O. The highest BCUT2D eigenvalue weighted by Crippen LogP contribution is 2.24. The fourth-order valence-corrected chi connectivity index (χ4v) is 2.33. The number of carbonyl (C=O) groups is 1. The first-order chi connectivity index (χ1) is 9.42. The van der Waals surface area contributed by atoms with Gasteiger partial charge in [0.15, 0.2) is 0 Å². The van der Waals surface area contributed by atoms with Gasteiger partial charge in [0.05, 0.1) is 12.1 Å². The summed E-state index contributed by atoms with van der Waals surface area (Å²) in [4.78, 5) is 14.1. The Morgan fingerprint density at radius 3 is 2.60 bits per heavy atom. The third-order valence-corrected chi connectivity index (χ3v) is 4.34. The van der Waals surface area contributed by atoms with Gasteiger partial charge in [0.2, 0.25) is 5.91 Å². The van der Waals surface area contributed by atoms with Crippen molar-refractivity contribution < 1.29 is 9.53 Å². The zero-order valence-corrected chi connectivity index (χ0v) is 13.4. The predicted molar refractivity (Wildman–Crippen MR) is 81.6 cm³/mol. The summed E-state index contributed by atoms with van der Waals surface area (Å²) in [6, 6.07) is 0.965. The molecule has 5 nitrogen and oxygen atoms in total. The topological polar surface area (TPSA) is 67.6 Å². The standard InChI is InChI=1S/C15H31N3O2/c1-5-12(2)18(10-11-20-4)9-8-15(3,14(16)19)17-13-6-7-13/h12-13,17H,5-11H2,1-4H3,(H2,16,19). The van der Waals surface area contributed by atoms with E-state index in [-0.39, 0.29) is 5.91 Å². The van der Waals surface area contributed by atoms with Gasteiger partial charge in [0, 0.05) is 32.3 Å². The van der Waals surface area contributed by atoms with E-state index < -0.39 is 5.54 Å². The minimum absolute atomic E-state index is 0.250. The van der Waals surface area contributed by atoms with Crippen molar-refractivity contribution in [3.8, 4) is 0 Å². The van der Waals surface area contributed by atoms with Gasteiger partial charge < -0.3 is 15.8 Å². The maximum atomic E-state index is 11.8. The molecule has 0 aromatic heterocycles. The van der Waals surface area contributed by atoms with Crippen LogP contribution in [-0.4, -0.2) is 55.2 Å². The highest BCUT2D eigenvalue weighted by molar-refractivity contribution is 5.84. The number of nitrogens with one attached hydrogen (secondary N) is 1. The van der Waals surface area contributed by atoms with Crippen LogP contribution in [0.3, 0.4) is 0 Å². The van der Waals surface area contributed by atoms with Crippen LogP contribution in [-0.2, 0) is 9.53 Å². The summed E-state index contributed by atoms with van der Waals surface area (Å²) in [5.74, 6) is -0.250. The summed E-state index contributed by atoms with van der Waals surface area (Å²) in [5, 5.41) is 3.40. The number of methoxy groups -OCH3 is 1. The first kappa shape index (κ1) is 17.4. The third kappa shape index (κ3) is 5.38. The van der Waals surface area contributed by atoms with Crippen LogP contribution in [0.15, 0.2) is 0 Å². The number of rotatable bonds is 11. The first-order valence-corrected chi connectivity index (χ1v) is 7.73. The lowest BCUT2D eigenvalue weighted by atomic mass is 9.96. The molecule has 0 aromatic rings. The minimum Gasteiger partial charge on any atom is -0.383 e. The van der Waals surface area contributed by atoms with Crippen LogP contribution in [0.4, 0.5) is 0 Å². The Bertz CT molecular complexity index is 307. The number of amides is 1. The van der Waals surface area contributed by atoms with Gasteiger partial charge in [-0.05, 0) is 39.5 Å². The number of carbonyl (C=O) groups excluding carboxylic acids is 1. The Morgan fingerprint density at radius 2 is 2.15 bits per heavy atom. The molecule has 3 N–H and O–H groups in total. The third-order valence-electron chi connectivity index (χ3n) is 4.34. The molecule has 20 heavy (non-hydrogen) atoms. The van der Waals surface area contributed by atoms with E-state index in [9.17, 15) is 4.79 Å². The van der Waals surface area contributed by atoms with E-state index in [2.05, 4.69) is 24.1 Å². The van der Waals surface area contributed by atoms with Crippen LogP contribution in [0.5, 0.6) is 0 Å². The number of hydrogen-bond donors (Lipinski definition) is 2. The molecule has 0 saturated heterocycles. The highest BCUT2D eigenvalue weighted by Gasteiger charge is 2.37. The van der Waals surface area contributed by atoms with Gasteiger partial charge in [-0.15, -0.1) is 0 Å². The van der Waals surface area contributed by atoms with E-state index in [1.807, 2.05) is 6.92 Å². The fourth-order valence-electron chi connectivity index (χ4n) is 2.33. The summed E-state index contributed by atoms with van der Waals surface area (Å²) in [6.45, 7) is 8.79. The second-order valence-corrected chi connectivity index (χ2v) is 6.15. The van der Waals surface area contributed by atoms with Crippen molar-refractivity contribution in [3.63, 3.8) is 0 Å². The van der Waals surface area contributed by atoms with E-state index in [0.29, 0.717) is 18.7 Å². The average Bonchev–Trinajstić information content (AvgIpc) is 3.21. The number of primary amides is 1. The van der Waals surface area contributed by atoms with Crippen molar-refractivity contribution in [1.82, 2.24) is 10.2 Å². The van der Waals surface area contributed by atoms with E-state index in [1.165, 1.54) is 0 Å².